The van der Waals surface area contributed by atoms with E-state index < -0.39 is 10.9 Å². The van der Waals surface area contributed by atoms with Gasteiger partial charge in [0, 0.05) is 6.07 Å². The van der Waals surface area contributed by atoms with Crippen molar-refractivity contribution >= 4 is 11.7 Å². The van der Waals surface area contributed by atoms with Gasteiger partial charge in [-0.05, 0) is 24.6 Å². The van der Waals surface area contributed by atoms with Crippen molar-refractivity contribution < 1.29 is 28.7 Å². The van der Waals surface area contributed by atoms with E-state index in [1.54, 1.807) is 6.07 Å². The van der Waals surface area contributed by atoms with Gasteiger partial charge in [-0.15, -0.1) is 0 Å². The fraction of sp³-hybridized carbons (Fsp3) is 0.278. The summed E-state index contributed by atoms with van der Waals surface area (Å²) in [5, 5.41) is 11.2. The van der Waals surface area contributed by atoms with Gasteiger partial charge in [0.2, 0.25) is 0 Å². The van der Waals surface area contributed by atoms with E-state index in [4.69, 9.17) is 18.9 Å². The Kier molecular flexibility index (Phi) is 5.21. The third-order valence-corrected chi connectivity index (χ3v) is 3.65. The molecule has 2 aromatic carbocycles. The highest BCUT2D eigenvalue weighted by Gasteiger charge is 2.27. The van der Waals surface area contributed by atoms with Gasteiger partial charge in [-0.25, -0.2) is 4.79 Å². The number of nitro benzene ring substituents is 1. The molecule has 2 aromatic rings. The number of hydrogen-bond acceptors (Lipinski definition) is 7. The van der Waals surface area contributed by atoms with Gasteiger partial charge in [-0.2, -0.15) is 0 Å². The molecular weight excluding hydrogens is 342 g/mol. The van der Waals surface area contributed by atoms with E-state index in [1.165, 1.54) is 12.1 Å². The minimum atomic E-state index is -0.818. The number of carbonyl (C=O) groups excluding carboxylic acids is 1. The third-order valence-electron chi connectivity index (χ3n) is 3.65. The van der Waals surface area contributed by atoms with Crippen LogP contribution in [0.25, 0.3) is 0 Å². The van der Waals surface area contributed by atoms with Crippen LogP contribution in [0.2, 0.25) is 0 Å². The molecule has 0 unspecified atom stereocenters. The lowest BCUT2D eigenvalue weighted by atomic mass is 10.1. The van der Waals surface area contributed by atoms with Gasteiger partial charge in [0.25, 0.3) is 5.69 Å². The maximum Gasteiger partial charge on any atom is 0.345 e. The molecule has 26 heavy (non-hydrogen) atoms. The first-order chi connectivity index (χ1) is 12.5. The molecule has 1 aliphatic heterocycles. The Morgan fingerprint density at radius 3 is 2.58 bits per heavy atom. The van der Waals surface area contributed by atoms with E-state index in [-0.39, 0.29) is 36.0 Å². The molecule has 0 amide bonds. The highest BCUT2D eigenvalue weighted by atomic mass is 16.6. The normalized spacial score (nSPS) is 12.3. The zero-order valence-electron chi connectivity index (χ0n) is 14.1. The number of nitrogens with zero attached hydrogens (tertiary/aromatic N) is 1. The highest BCUT2D eigenvalue weighted by Crippen LogP contribution is 2.36. The Morgan fingerprint density at radius 1 is 1.15 bits per heavy atom. The molecule has 1 aliphatic rings. The molecular formula is C18H17NO7. The zero-order valence-corrected chi connectivity index (χ0v) is 14.1. The topological polar surface area (TPSA) is 97.1 Å². The number of nitro groups is 1. The Balaban J connectivity index is 1.64. The molecule has 1 heterocycles. The van der Waals surface area contributed by atoms with Crippen molar-refractivity contribution in [3.63, 3.8) is 0 Å². The van der Waals surface area contributed by atoms with Crippen LogP contribution in [0.1, 0.15) is 15.9 Å². The second kappa shape index (κ2) is 7.73. The van der Waals surface area contributed by atoms with Crippen LogP contribution in [0.5, 0.6) is 17.2 Å². The van der Waals surface area contributed by atoms with Crippen molar-refractivity contribution in [2.24, 2.45) is 0 Å². The molecule has 8 nitrogen and oxygen atoms in total. The Bertz CT molecular complexity index is 834. The standard InChI is InChI=1S/C18H17NO7/c1-12-3-2-4-13(9-12)23-5-8-26-18(20)14-10-16-17(25-7-6-24-16)11-15(14)19(21)22/h2-4,9-11H,5-8H2,1H3. The SMILES string of the molecule is Cc1cccc(OCCOC(=O)c2cc3c(cc2[N+](=O)[O-])OCCO3)c1. The zero-order chi connectivity index (χ0) is 18.5. The number of ether oxygens (including phenoxy) is 4. The Hall–Kier alpha value is -3.29. The predicted octanol–water partition coefficient (Wildman–Crippen LogP) is 2.91. The number of carbonyl (C=O) groups is 1. The van der Waals surface area contributed by atoms with Crippen LogP contribution in [0.3, 0.4) is 0 Å². The maximum atomic E-state index is 12.2. The largest absolute Gasteiger partial charge is 0.490 e. The molecule has 8 heteroatoms. The van der Waals surface area contributed by atoms with E-state index in [2.05, 4.69) is 0 Å². The summed E-state index contributed by atoms with van der Waals surface area (Å²) in [6.07, 6.45) is 0. The van der Waals surface area contributed by atoms with E-state index in [1.807, 2.05) is 25.1 Å². The van der Waals surface area contributed by atoms with Crippen molar-refractivity contribution in [1.29, 1.82) is 0 Å². The monoisotopic (exact) mass is 359 g/mol. The minimum Gasteiger partial charge on any atom is -0.490 e. The lowest BCUT2D eigenvalue weighted by molar-refractivity contribution is -0.385. The van der Waals surface area contributed by atoms with Gasteiger partial charge in [0.05, 0.1) is 11.0 Å². The molecule has 0 aromatic heterocycles. The number of fused-ring (bicyclic) bond motifs is 1. The van der Waals surface area contributed by atoms with E-state index in [0.717, 1.165) is 5.56 Å². The summed E-state index contributed by atoms with van der Waals surface area (Å²) < 4.78 is 21.3. The molecule has 0 N–H and O–H groups in total. The number of aryl methyl sites for hydroxylation is 1. The molecule has 3 rings (SSSR count). The van der Waals surface area contributed by atoms with Crippen LogP contribution in [0.4, 0.5) is 5.69 Å². The van der Waals surface area contributed by atoms with Gasteiger partial charge in [0.15, 0.2) is 11.5 Å². The molecule has 0 spiro atoms. The second-order valence-electron chi connectivity index (χ2n) is 5.57. The average molecular weight is 359 g/mol. The summed E-state index contributed by atoms with van der Waals surface area (Å²) in [6.45, 7) is 2.63. The summed E-state index contributed by atoms with van der Waals surface area (Å²) in [5.74, 6) is 0.361. The average Bonchev–Trinajstić information content (AvgIpc) is 2.64. The summed E-state index contributed by atoms with van der Waals surface area (Å²) in [6, 6.07) is 9.89. The summed E-state index contributed by atoms with van der Waals surface area (Å²) in [4.78, 5) is 22.8. The van der Waals surface area contributed by atoms with Crippen LogP contribution in [-0.2, 0) is 4.74 Å². The number of rotatable bonds is 6. The van der Waals surface area contributed by atoms with E-state index in [9.17, 15) is 14.9 Å². The Morgan fingerprint density at radius 2 is 1.88 bits per heavy atom. The van der Waals surface area contributed by atoms with Crippen LogP contribution < -0.4 is 14.2 Å². The molecule has 136 valence electrons. The molecule has 0 saturated heterocycles. The minimum absolute atomic E-state index is 0.0433. The number of benzene rings is 2. The maximum absolute atomic E-state index is 12.2. The van der Waals surface area contributed by atoms with Crippen LogP contribution in [-0.4, -0.2) is 37.3 Å². The number of hydrogen-bond donors (Lipinski definition) is 0. The summed E-state index contributed by atoms with van der Waals surface area (Å²) in [7, 11) is 0. The van der Waals surface area contributed by atoms with Gasteiger partial charge < -0.3 is 18.9 Å². The lowest BCUT2D eigenvalue weighted by Crippen LogP contribution is -2.18. The molecule has 0 radical (unpaired) electrons. The molecule has 0 aliphatic carbocycles. The first kappa shape index (κ1) is 17.5. The highest BCUT2D eigenvalue weighted by molar-refractivity contribution is 5.95. The van der Waals surface area contributed by atoms with Crippen molar-refractivity contribution in [3.05, 3.63) is 57.6 Å². The number of esters is 1. The van der Waals surface area contributed by atoms with E-state index in [0.29, 0.717) is 19.0 Å². The third kappa shape index (κ3) is 4.02. The summed E-state index contributed by atoms with van der Waals surface area (Å²) >= 11 is 0. The molecule has 0 fully saturated rings. The quantitative estimate of drug-likeness (QED) is 0.338. The molecule has 0 saturated carbocycles. The van der Waals surface area contributed by atoms with Gasteiger partial charge >= 0.3 is 5.97 Å². The lowest BCUT2D eigenvalue weighted by Gasteiger charge is -2.18. The first-order valence-corrected chi connectivity index (χ1v) is 7.99. The van der Waals surface area contributed by atoms with Gasteiger partial charge in [0.1, 0.15) is 37.7 Å². The fourth-order valence-corrected chi connectivity index (χ4v) is 2.47. The smallest absolute Gasteiger partial charge is 0.345 e. The van der Waals surface area contributed by atoms with Crippen molar-refractivity contribution in [1.82, 2.24) is 0 Å². The van der Waals surface area contributed by atoms with Crippen LogP contribution in [0.15, 0.2) is 36.4 Å². The first-order valence-electron chi connectivity index (χ1n) is 7.99. The van der Waals surface area contributed by atoms with Crippen molar-refractivity contribution in [2.75, 3.05) is 26.4 Å². The second-order valence-corrected chi connectivity index (χ2v) is 5.57. The van der Waals surface area contributed by atoms with Crippen LogP contribution in [0, 0.1) is 17.0 Å². The van der Waals surface area contributed by atoms with Crippen molar-refractivity contribution in [3.8, 4) is 17.2 Å². The van der Waals surface area contributed by atoms with Gasteiger partial charge in [-0.3, -0.25) is 10.1 Å². The van der Waals surface area contributed by atoms with Gasteiger partial charge in [-0.1, -0.05) is 12.1 Å². The predicted molar refractivity (Wildman–Crippen MR) is 91.0 cm³/mol. The molecule has 0 bridgehead atoms. The summed E-state index contributed by atoms with van der Waals surface area (Å²) in [5.41, 5.74) is 0.472. The fourth-order valence-electron chi connectivity index (χ4n) is 2.47. The Labute approximate surface area is 149 Å². The van der Waals surface area contributed by atoms with Crippen molar-refractivity contribution in [2.45, 2.75) is 6.92 Å². The van der Waals surface area contributed by atoms with E-state index >= 15 is 0 Å². The van der Waals surface area contributed by atoms with Crippen LogP contribution >= 0.6 is 0 Å². The molecule has 0 atom stereocenters.